The van der Waals surface area contributed by atoms with Crippen LogP contribution in [0.5, 0.6) is 5.75 Å². The van der Waals surface area contributed by atoms with Gasteiger partial charge in [-0.25, -0.2) is 4.68 Å². The zero-order chi connectivity index (χ0) is 13.1. The Kier molecular flexibility index (Phi) is 3.32. The van der Waals surface area contributed by atoms with Gasteiger partial charge in [-0.05, 0) is 30.2 Å². The van der Waals surface area contributed by atoms with Crippen molar-refractivity contribution < 1.29 is 4.74 Å². The summed E-state index contributed by atoms with van der Waals surface area (Å²) in [7, 11) is 1.57. The van der Waals surface area contributed by atoms with Crippen LogP contribution in [0.2, 0.25) is 0 Å². The summed E-state index contributed by atoms with van der Waals surface area (Å²) in [6.07, 6.45) is 1.66. The van der Waals surface area contributed by atoms with E-state index < -0.39 is 0 Å². The molecule has 0 saturated carbocycles. The van der Waals surface area contributed by atoms with Crippen LogP contribution in [0.3, 0.4) is 0 Å². The topological polar surface area (TPSA) is 70.1 Å². The number of aromatic nitrogens is 2. The van der Waals surface area contributed by atoms with Gasteiger partial charge in [0, 0.05) is 6.07 Å². The van der Waals surface area contributed by atoms with Crippen molar-refractivity contribution >= 4 is 5.69 Å². The first kappa shape index (κ1) is 12.2. The molecule has 2 rings (SSSR count). The minimum absolute atomic E-state index is 0.121. The second-order valence-electron chi connectivity index (χ2n) is 4.11. The van der Waals surface area contributed by atoms with Crippen molar-refractivity contribution in [1.29, 1.82) is 0 Å². The van der Waals surface area contributed by atoms with E-state index in [4.69, 9.17) is 10.5 Å². The van der Waals surface area contributed by atoms with Gasteiger partial charge in [0.1, 0.15) is 5.75 Å². The second kappa shape index (κ2) is 4.91. The van der Waals surface area contributed by atoms with E-state index in [0.29, 0.717) is 18.0 Å². The van der Waals surface area contributed by atoms with E-state index in [9.17, 15) is 4.79 Å². The normalized spacial score (nSPS) is 10.3. The maximum atomic E-state index is 11.7. The summed E-state index contributed by atoms with van der Waals surface area (Å²) in [5.41, 5.74) is 8.01. The number of methoxy groups -OCH3 is 1. The lowest BCUT2D eigenvalue weighted by atomic mass is 10.2. The van der Waals surface area contributed by atoms with E-state index in [-0.39, 0.29) is 5.56 Å². The van der Waals surface area contributed by atoms with E-state index in [1.165, 1.54) is 4.68 Å². The maximum Gasteiger partial charge on any atom is 0.267 e. The molecule has 94 valence electrons. The summed E-state index contributed by atoms with van der Waals surface area (Å²) in [4.78, 5) is 11.7. The van der Waals surface area contributed by atoms with Crippen molar-refractivity contribution in [3.05, 3.63) is 51.9 Å². The van der Waals surface area contributed by atoms with Crippen LogP contribution in [0, 0.1) is 6.92 Å². The molecule has 0 radical (unpaired) electrons. The van der Waals surface area contributed by atoms with Crippen molar-refractivity contribution in [2.75, 3.05) is 12.8 Å². The Labute approximate surface area is 105 Å². The third-order valence-electron chi connectivity index (χ3n) is 2.63. The summed E-state index contributed by atoms with van der Waals surface area (Å²) in [6.45, 7) is 2.23. The first-order chi connectivity index (χ1) is 8.60. The summed E-state index contributed by atoms with van der Waals surface area (Å²) in [5, 5.41) is 4.08. The second-order valence-corrected chi connectivity index (χ2v) is 4.11. The van der Waals surface area contributed by atoms with Crippen LogP contribution in [-0.2, 0) is 6.54 Å². The molecule has 2 aromatic rings. The quantitative estimate of drug-likeness (QED) is 0.825. The molecule has 0 bridgehead atoms. The number of hydrogen-bond donors (Lipinski definition) is 1. The van der Waals surface area contributed by atoms with Crippen LogP contribution in [-0.4, -0.2) is 16.9 Å². The van der Waals surface area contributed by atoms with Gasteiger partial charge in [-0.1, -0.05) is 6.07 Å². The number of hydrogen-bond acceptors (Lipinski definition) is 4. The van der Waals surface area contributed by atoms with Crippen molar-refractivity contribution in [2.45, 2.75) is 13.5 Å². The molecule has 0 saturated heterocycles. The molecule has 1 heterocycles. The molecule has 0 unspecified atom stereocenters. The van der Waals surface area contributed by atoms with E-state index in [1.807, 2.05) is 13.0 Å². The molecule has 0 atom stereocenters. The zero-order valence-electron chi connectivity index (χ0n) is 10.4. The van der Waals surface area contributed by atoms with Gasteiger partial charge >= 0.3 is 0 Å². The SMILES string of the molecule is COc1ccc(Cn2ncc(C)cc2=O)cc1N. The van der Waals surface area contributed by atoms with Crippen LogP contribution in [0.4, 0.5) is 5.69 Å². The average molecular weight is 245 g/mol. The van der Waals surface area contributed by atoms with Gasteiger partial charge in [0.15, 0.2) is 0 Å². The van der Waals surface area contributed by atoms with Crippen molar-refractivity contribution in [2.24, 2.45) is 0 Å². The Balaban J connectivity index is 2.29. The Morgan fingerprint density at radius 2 is 2.17 bits per heavy atom. The Bertz CT molecular complexity index is 620. The molecule has 0 amide bonds. The van der Waals surface area contributed by atoms with Gasteiger partial charge in [-0.15, -0.1) is 0 Å². The fraction of sp³-hybridized carbons (Fsp3) is 0.231. The number of nitrogens with zero attached hydrogens (tertiary/aromatic N) is 2. The Morgan fingerprint density at radius 1 is 1.39 bits per heavy atom. The smallest absolute Gasteiger partial charge is 0.267 e. The Hall–Kier alpha value is -2.30. The third kappa shape index (κ3) is 2.51. The predicted molar refractivity (Wildman–Crippen MR) is 69.7 cm³/mol. The average Bonchev–Trinajstić information content (AvgIpc) is 2.33. The summed E-state index contributed by atoms with van der Waals surface area (Å²) >= 11 is 0. The van der Waals surface area contributed by atoms with Crippen molar-refractivity contribution in [1.82, 2.24) is 9.78 Å². The molecule has 0 aliphatic carbocycles. The Morgan fingerprint density at radius 3 is 2.78 bits per heavy atom. The molecular formula is C13H15N3O2. The molecule has 5 nitrogen and oxygen atoms in total. The molecule has 0 spiro atoms. The number of benzene rings is 1. The molecule has 0 aliphatic heterocycles. The summed E-state index contributed by atoms with van der Waals surface area (Å²) in [6, 6.07) is 6.99. The number of ether oxygens (including phenoxy) is 1. The monoisotopic (exact) mass is 245 g/mol. The largest absolute Gasteiger partial charge is 0.495 e. The molecule has 1 aromatic heterocycles. The molecule has 5 heteroatoms. The molecular weight excluding hydrogens is 230 g/mol. The number of anilines is 1. The molecule has 1 aromatic carbocycles. The number of rotatable bonds is 3. The summed E-state index contributed by atoms with van der Waals surface area (Å²) < 4.78 is 6.48. The van der Waals surface area contributed by atoms with E-state index >= 15 is 0 Å². The first-order valence-corrected chi connectivity index (χ1v) is 5.56. The highest BCUT2D eigenvalue weighted by Crippen LogP contribution is 2.21. The van der Waals surface area contributed by atoms with Crippen LogP contribution >= 0.6 is 0 Å². The lowest BCUT2D eigenvalue weighted by Gasteiger charge is -2.08. The molecule has 0 aliphatic rings. The summed E-state index contributed by atoms with van der Waals surface area (Å²) in [5.74, 6) is 0.628. The van der Waals surface area contributed by atoms with Gasteiger partial charge in [-0.2, -0.15) is 5.10 Å². The van der Waals surface area contributed by atoms with E-state index in [2.05, 4.69) is 5.10 Å². The van der Waals surface area contributed by atoms with Gasteiger partial charge in [0.05, 0.1) is 25.5 Å². The lowest BCUT2D eigenvalue weighted by molar-refractivity contribution is 0.416. The van der Waals surface area contributed by atoms with Crippen molar-refractivity contribution in [3.63, 3.8) is 0 Å². The fourth-order valence-electron chi connectivity index (χ4n) is 1.70. The molecule has 0 fully saturated rings. The van der Waals surface area contributed by atoms with E-state index in [1.54, 1.807) is 31.5 Å². The van der Waals surface area contributed by atoms with E-state index in [0.717, 1.165) is 11.1 Å². The van der Waals surface area contributed by atoms with Gasteiger partial charge < -0.3 is 10.5 Å². The zero-order valence-corrected chi connectivity index (χ0v) is 10.4. The maximum absolute atomic E-state index is 11.7. The number of nitrogens with two attached hydrogens (primary N) is 1. The number of nitrogen functional groups attached to an aromatic ring is 1. The lowest BCUT2D eigenvalue weighted by Crippen LogP contribution is -2.22. The van der Waals surface area contributed by atoms with Crippen molar-refractivity contribution in [3.8, 4) is 5.75 Å². The minimum Gasteiger partial charge on any atom is -0.495 e. The predicted octanol–water partition coefficient (Wildman–Crippen LogP) is 1.19. The van der Waals surface area contributed by atoms with Crippen LogP contribution in [0.25, 0.3) is 0 Å². The van der Waals surface area contributed by atoms with Crippen LogP contribution < -0.4 is 16.0 Å². The first-order valence-electron chi connectivity index (χ1n) is 5.56. The highest BCUT2D eigenvalue weighted by Gasteiger charge is 2.03. The fourth-order valence-corrected chi connectivity index (χ4v) is 1.70. The molecule has 18 heavy (non-hydrogen) atoms. The standard InChI is InChI=1S/C13H15N3O2/c1-9-5-13(17)16(15-7-9)8-10-3-4-12(18-2)11(14)6-10/h3-7H,8,14H2,1-2H3. The van der Waals surface area contributed by atoms with Gasteiger partial charge in [0.2, 0.25) is 0 Å². The third-order valence-corrected chi connectivity index (χ3v) is 2.63. The van der Waals surface area contributed by atoms with Crippen LogP contribution in [0.1, 0.15) is 11.1 Å². The highest BCUT2D eigenvalue weighted by atomic mass is 16.5. The van der Waals surface area contributed by atoms with Crippen LogP contribution in [0.15, 0.2) is 35.3 Å². The van der Waals surface area contributed by atoms with Gasteiger partial charge in [0.25, 0.3) is 5.56 Å². The minimum atomic E-state index is -0.121. The van der Waals surface area contributed by atoms with Gasteiger partial charge in [-0.3, -0.25) is 4.79 Å². The number of aryl methyl sites for hydroxylation is 1. The highest BCUT2D eigenvalue weighted by molar-refractivity contribution is 5.54. The molecule has 2 N–H and O–H groups in total.